The lowest BCUT2D eigenvalue weighted by atomic mass is 9.57. The van der Waals surface area contributed by atoms with Gasteiger partial charge in [-0.3, -0.25) is 9.47 Å². The first-order valence-corrected chi connectivity index (χ1v) is 13.0. The maximum atomic E-state index is 14.2. The molecule has 4 aliphatic rings. The number of ether oxygens (including phenoxy) is 2. The minimum absolute atomic E-state index is 0.0211. The third-order valence-corrected chi connectivity index (χ3v) is 8.83. The van der Waals surface area contributed by atoms with Crippen LogP contribution < -0.4 is 9.64 Å². The molecule has 3 aliphatic heterocycles. The smallest absolute Gasteiger partial charge is 0.411 e. The number of hydrogen-bond donors (Lipinski definition) is 0. The average molecular weight is 547 g/mol. The molecule has 1 aromatic carbocycles. The summed E-state index contributed by atoms with van der Waals surface area (Å²) in [5.41, 5.74) is -0.364. The molecule has 2 aromatic heterocycles. The van der Waals surface area contributed by atoms with E-state index in [9.17, 15) is 13.2 Å². The van der Waals surface area contributed by atoms with E-state index in [1.54, 1.807) is 25.4 Å². The Kier molecular flexibility index (Phi) is 5.28. The van der Waals surface area contributed by atoms with E-state index in [1.165, 1.54) is 4.90 Å². The van der Waals surface area contributed by atoms with Crippen LogP contribution in [-0.2, 0) is 17.8 Å². The highest BCUT2D eigenvalue weighted by molar-refractivity contribution is 6.30. The van der Waals surface area contributed by atoms with Gasteiger partial charge in [0.1, 0.15) is 5.82 Å². The molecule has 0 radical (unpaired) electrons. The van der Waals surface area contributed by atoms with E-state index in [0.717, 1.165) is 54.6 Å². The second-order valence-electron chi connectivity index (χ2n) is 11.0. The van der Waals surface area contributed by atoms with Crippen LogP contribution in [0.5, 0.6) is 5.75 Å². The molecule has 3 aromatic rings. The highest BCUT2D eigenvalue weighted by Crippen LogP contribution is 2.57. The van der Waals surface area contributed by atoms with Crippen LogP contribution in [0.4, 0.5) is 19.0 Å². The summed E-state index contributed by atoms with van der Waals surface area (Å²) in [5.74, 6) is 3.09. The van der Waals surface area contributed by atoms with Crippen molar-refractivity contribution >= 4 is 17.4 Å². The van der Waals surface area contributed by atoms with Gasteiger partial charge in [0.25, 0.3) is 0 Å². The minimum atomic E-state index is -4.44. The van der Waals surface area contributed by atoms with Crippen LogP contribution >= 0.6 is 11.6 Å². The molecule has 12 heteroatoms. The summed E-state index contributed by atoms with van der Waals surface area (Å²) < 4.78 is 55.2. The van der Waals surface area contributed by atoms with Crippen molar-refractivity contribution in [3.63, 3.8) is 0 Å². The molecule has 0 amide bonds. The van der Waals surface area contributed by atoms with Crippen LogP contribution in [-0.4, -0.2) is 69.8 Å². The zero-order chi connectivity index (χ0) is 26.3. The van der Waals surface area contributed by atoms with Crippen LogP contribution in [0.1, 0.15) is 36.0 Å². The van der Waals surface area contributed by atoms with Gasteiger partial charge in [-0.05, 0) is 48.7 Å². The monoisotopic (exact) mass is 546 g/mol. The predicted octanol–water partition coefficient (Wildman–Crippen LogP) is 4.36. The second-order valence-corrected chi connectivity index (χ2v) is 11.4. The summed E-state index contributed by atoms with van der Waals surface area (Å²) in [6.45, 7) is 1.09. The molecule has 1 spiro atoms. The van der Waals surface area contributed by atoms with Crippen LogP contribution in [0.25, 0.3) is 5.69 Å². The van der Waals surface area contributed by atoms with Crippen LogP contribution in [0.3, 0.4) is 0 Å². The van der Waals surface area contributed by atoms with Gasteiger partial charge in [-0.15, -0.1) is 10.2 Å². The van der Waals surface area contributed by atoms with E-state index in [-0.39, 0.29) is 24.4 Å². The molecule has 3 fully saturated rings. The number of nitrogens with zero attached hydrogens (tertiary/aromatic N) is 6. The minimum Gasteiger partial charge on any atom is -0.493 e. The number of fused-ring (bicyclic) bond motifs is 3. The van der Waals surface area contributed by atoms with Gasteiger partial charge in [-0.25, -0.2) is 4.98 Å². The predicted molar refractivity (Wildman–Crippen MR) is 133 cm³/mol. The molecule has 0 N–H and O–H groups in total. The summed E-state index contributed by atoms with van der Waals surface area (Å²) >= 11 is 6.30. The molecule has 0 atom stereocenters. The molecular formula is C26H26ClF3N6O2. The molecule has 1 saturated carbocycles. The highest BCUT2D eigenvalue weighted by Gasteiger charge is 2.64. The van der Waals surface area contributed by atoms with Crippen molar-refractivity contribution in [3.8, 4) is 11.4 Å². The van der Waals surface area contributed by atoms with Gasteiger partial charge in [-0.2, -0.15) is 13.2 Å². The molecule has 5 heterocycles. The van der Waals surface area contributed by atoms with Crippen molar-refractivity contribution in [1.82, 2.24) is 24.6 Å². The number of pyridine rings is 1. The molecule has 2 saturated heterocycles. The Morgan fingerprint density at radius 3 is 2.58 bits per heavy atom. The normalized spacial score (nSPS) is 22.1. The third kappa shape index (κ3) is 3.48. The summed E-state index contributed by atoms with van der Waals surface area (Å²) in [6.07, 6.45) is -0.800. The van der Waals surface area contributed by atoms with Crippen molar-refractivity contribution < 1.29 is 22.6 Å². The number of aromatic nitrogens is 4. The lowest BCUT2D eigenvalue weighted by molar-refractivity contribution is -0.310. The zero-order valence-corrected chi connectivity index (χ0v) is 21.5. The third-order valence-electron chi connectivity index (χ3n) is 8.59. The number of anilines is 1. The molecule has 8 nitrogen and oxygen atoms in total. The fraction of sp³-hybridized carbons (Fsp3) is 0.500. The fourth-order valence-electron chi connectivity index (χ4n) is 6.53. The maximum absolute atomic E-state index is 14.2. The van der Waals surface area contributed by atoms with E-state index >= 15 is 0 Å². The van der Waals surface area contributed by atoms with Gasteiger partial charge in [0.15, 0.2) is 22.9 Å². The Labute approximate surface area is 222 Å². The Balaban J connectivity index is 1.17. The topological polar surface area (TPSA) is 68.5 Å². The first-order valence-electron chi connectivity index (χ1n) is 12.6. The quantitative estimate of drug-likeness (QED) is 0.482. The first-order chi connectivity index (χ1) is 18.2. The molecule has 1 aliphatic carbocycles. The van der Waals surface area contributed by atoms with Gasteiger partial charge in [0.2, 0.25) is 0 Å². The standard InChI is InChI=1S/C26H26ClF3N6O2/c1-37-20-3-2-6-31-23(20)34-12-24(13-34)8-17(9-24)22-33-32-21-11-35(25(14-38-15-25)26(28,29)30)10-16-7-18(27)4-5-19(16)36(21)22/h2-7,17H,8-15H2,1H3. The summed E-state index contributed by atoms with van der Waals surface area (Å²) in [4.78, 5) is 8.14. The van der Waals surface area contributed by atoms with E-state index in [4.69, 9.17) is 21.1 Å². The van der Waals surface area contributed by atoms with Crippen molar-refractivity contribution in [2.45, 2.75) is 43.6 Å². The van der Waals surface area contributed by atoms with Gasteiger partial charge in [0, 0.05) is 42.2 Å². The molecule has 0 unspecified atom stereocenters. The molecular weight excluding hydrogens is 521 g/mol. The SMILES string of the molecule is COc1cccnc1N1CC2(CC(c3nnc4n3-c3ccc(Cl)cc3CN(C3(C(F)(F)F)COC3)C4)C2)C1. The van der Waals surface area contributed by atoms with E-state index in [2.05, 4.69) is 20.1 Å². The zero-order valence-electron chi connectivity index (χ0n) is 20.7. The van der Waals surface area contributed by atoms with Crippen LogP contribution in [0.15, 0.2) is 36.5 Å². The largest absolute Gasteiger partial charge is 0.493 e. The molecule has 200 valence electrons. The van der Waals surface area contributed by atoms with Gasteiger partial charge in [0.05, 0.1) is 32.6 Å². The number of rotatable bonds is 4. The Morgan fingerprint density at radius 1 is 1.11 bits per heavy atom. The molecule has 38 heavy (non-hydrogen) atoms. The van der Waals surface area contributed by atoms with Crippen LogP contribution in [0, 0.1) is 5.41 Å². The highest BCUT2D eigenvalue weighted by atomic mass is 35.5. The van der Waals surface area contributed by atoms with Crippen molar-refractivity contribution in [3.05, 3.63) is 58.8 Å². The van der Waals surface area contributed by atoms with Gasteiger partial charge >= 0.3 is 6.18 Å². The summed E-state index contributed by atoms with van der Waals surface area (Å²) in [5, 5.41) is 9.43. The van der Waals surface area contributed by atoms with Gasteiger partial charge in [-0.1, -0.05) is 11.6 Å². The number of alkyl halides is 3. The van der Waals surface area contributed by atoms with Crippen LogP contribution in [0.2, 0.25) is 5.02 Å². The maximum Gasteiger partial charge on any atom is 0.411 e. The number of methoxy groups -OCH3 is 1. The number of halogens is 4. The Hall–Kier alpha value is -2.89. The van der Waals surface area contributed by atoms with Gasteiger partial charge < -0.3 is 14.4 Å². The fourth-order valence-corrected chi connectivity index (χ4v) is 6.73. The van der Waals surface area contributed by atoms with E-state index in [0.29, 0.717) is 10.8 Å². The van der Waals surface area contributed by atoms with Crippen molar-refractivity contribution in [1.29, 1.82) is 0 Å². The Bertz CT molecular complexity index is 1390. The first kappa shape index (κ1) is 24.2. The Morgan fingerprint density at radius 2 is 1.89 bits per heavy atom. The average Bonchev–Trinajstić information content (AvgIpc) is 3.11. The molecule has 7 rings (SSSR count). The summed E-state index contributed by atoms with van der Waals surface area (Å²) in [6, 6.07) is 9.14. The number of hydrogen-bond acceptors (Lipinski definition) is 7. The number of benzene rings is 1. The van der Waals surface area contributed by atoms with Crippen molar-refractivity contribution in [2.75, 3.05) is 38.3 Å². The summed E-state index contributed by atoms with van der Waals surface area (Å²) in [7, 11) is 1.65. The van der Waals surface area contributed by atoms with Crippen molar-refractivity contribution in [2.24, 2.45) is 5.41 Å². The lowest BCUT2D eigenvalue weighted by Gasteiger charge is -2.59. The second kappa shape index (κ2) is 8.30. The van der Waals surface area contributed by atoms with E-state index in [1.807, 2.05) is 22.8 Å². The van der Waals surface area contributed by atoms with E-state index < -0.39 is 24.9 Å². The lowest BCUT2D eigenvalue weighted by Crippen LogP contribution is -2.69. The molecule has 0 bridgehead atoms.